The van der Waals surface area contributed by atoms with E-state index in [2.05, 4.69) is 12.2 Å². The number of hydrogen-bond donors (Lipinski definition) is 1. The predicted molar refractivity (Wildman–Crippen MR) is 47.3 cm³/mol. The second kappa shape index (κ2) is 2.92. The molecule has 0 bridgehead atoms. The van der Waals surface area contributed by atoms with Gasteiger partial charge in [0.1, 0.15) is 0 Å². The lowest BCUT2D eigenvalue weighted by Crippen LogP contribution is -2.14. The Morgan fingerprint density at radius 2 is 2.25 bits per heavy atom. The number of carbonyl (C=O) groups excluding carboxylic acids is 1. The maximum Gasteiger partial charge on any atom is 0.221 e. The van der Waals surface area contributed by atoms with Crippen LogP contribution in [0.25, 0.3) is 0 Å². The lowest BCUT2D eigenvalue weighted by Gasteiger charge is -1.99. The van der Waals surface area contributed by atoms with Gasteiger partial charge in [-0.1, -0.05) is 18.6 Å². The molecule has 2 rings (SSSR count). The van der Waals surface area contributed by atoms with Crippen molar-refractivity contribution in [1.29, 1.82) is 0 Å². The third-order valence-corrected chi connectivity index (χ3v) is 3.07. The molecule has 12 heavy (non-hydrogen) atoms. The molecule has 3 atom stereocenters. The molecular weight excluding hydrogens is 150 g/mol. The summed E-state index contributed by atoms with van der Waals surface area (Å²) in [5.74, 6) is 1.14. The zero-order valence-corrected chi connectivity index (χ0v) is 7.20. The van der Waals surface area contributed by atoms with Crippen molar-refractivity contribution < 1.29 is 4.79 Å². The molecule has 0 spiro atoms. The van der Waals surface area contributed by atoms with Crippen molar-refractivity contribution in [2.24, 2.45) is 23.5 Å². The Bertz CT molecular complexity index is 222. The van der Waals surface area contributed by atoms with Gasteiger partial charge in [-0.15, -0.1) is 0 Å². The van der Waals surface area contributed by atoms with Gasteiger partial charge in [0.05, 0.1) is 0 Å². The zero-order chi connectivity index (χ0) is 8.55. The summed E-state index contributed by atoms with van der Waals surface area (Å²) < 4.78 is 0. The van der Waals surface area contributed by atoms with E-state index in [0.29, 0.717) is 11.8 Å². The molecule has 0 aliphatic heterocycles. The second-order valence-electron chi connectivity index (χ2n) is 3.88. The molecule has 0 aromatic heterocycles. The monoisotopic (exact) mass is 165 g/mol. The van der Waals surface area contributed by atoms with Crippen LogP contribution in [0.1, 0.15) is 25.7 Å². The van der Waals surface area contributed by atoms with Crippen LogP contribution < -0.4 is 5.73 Å². The number of amides is 1. The van der Waals surface area contributed by atoms with Gasteiger partial charge in [-0.25, -0.2) is 0 Å². The van der Waals surface area contributed by atoms with Gasteiger partial charge in [-0.3, -0.25) is 4.79 Å². The Balaban J connectivity index is 2.03. The molecule has 1 amide bonds. The van der Waals surface area contributed by atoms with Gasteiger partial charge in [-0.2, -0.15) is 0 Å². The molecule has 66 valence electrons. The van der Waals surface area contributed by atoms with E-state index in [1.165, 1.54) is 25.7 Å². The van der Waals surface area contributed by atoms with E-state index in [9.17, 15) is 4.79 Å². The van der Waals surface area contributed by atoms with Crippen molar-refractivity contribution >= 4 is 5.91 Å². The van der Waals surface area contributed by atoms with E-state index in [0.717, 1.165) is 0 Å². The minimum atomic E-state index is -0.100. The topological polar surface area (TPSA) is 43.1 Å². The average molecular weight is 165 g/mol. The molecular formula is C10H15NO. The maximum atomic E-state index is 10.9. The van der Waals surface area contributed by atoms with Gasteiger partial charge in [0.2, 0.25) is 5.91 Å². The van der Waals surface area contributed by atoms with Crippen LogP contribution in [0.4, 0.5) is 0 Å². The van der Waals surface area contributed by atoms with Gasteiger partial charge in [0, 0.05) is 5.92 Å². The van der Waals surface area contributed by atoms with Crippen molar-refractivity contribution in [2.75, 3.05) is 0 Å². The molecule has 1 fully saturated rings. The number of hydrogen-bond acceptors (Lipinski definition) is 1. The molecule has 3 unspecified atom stereocenters. The predicted octanol–water partition coefficient (Wildman–Crippen LogP) is 1.46. The smallest absolute Gasteiger partial charge is 0.221 e. The number of fused-ring (bicyclic) bond motifs is 1. The average Bonchev–Trinajstić information content (AvgIpc) is 2.60. The number of nitrogens with two attached hydrogens (primary N) is 1. The summed E-state index contributed by atoms with van der Waals surface area (Å²) in [6.45, 7) is 0. The molecule has 2 N–H and O–H groups in total. The highest BCUT2D eigenvalue weighted by Gasteiger charge is 2.51. The van der Waals surface area contributed by atoms with E-state index in [1.807, 2.05) is 0 Å². The van der Waals surface area contributed by atoms with Gasteiger partial charge >= 0.3 is 0 Å². The first-order valence-corrected chi connectivity index (χ1v) is 4.76. The second-order valence-corrected chi connectivity index (χ2v) is 3.88. The van der Waals surface area contributed by atoms with Crippen molar-refractivity contribution in [1.82, 2.24) is 0 Å². The number of allylic oxidation sites excluding steroid dienone is 2. The normalized spacial score (nSPS) is 39.5. The maximum absolute atomic E-state index is 10.9. The molecule has 2 aliphatic rings. The minimum Gasteiger partial charge on any atom is -0.369 e. The quantitative estimate of drug-likeness (QED) is 0.587. The molecule has 1 saturated carbocycles. The summed E-state index contributed by atoms with van der Waals surface area (Å²) in [5, 5.41) is 0. The third kappa shape index (κ3) is 1.26. The number of carbonyl (C=O) groups is 1. The summed E-state index contributed by atoms with van der Waals surface area (Å²) in [5.41, 5.74) is 5.29. The van der Waals surface area contributed by atoms with Gasteiger partial charge in [-0.05, 0) is 31.1 Å². The first-order valence-electron chi connectivity index (χ1n) is 4.76. The highest BCUT2D eigenvalue weighted by atomic mass is 16.1. The van der Waals surface area contributed by atoms with E-state index in [1.54, 1.807) is 0 Å². The van der Waals surface area contributed by atoms with Crippen molar-refractivity contribution in [3.8, 4) is 0 Å². The van der Waals surface area contributed by atoms with Crippen molar-refractivity contribution in [3.63, 3.8) is 0 Å². The molecule has 2 aliphatic carbocycles. The Kier molecular flexibility index (Phi) is 1.91. The van der Waals surface area contributed by atoms with Crippen LogP contribution in [-0.4, -0.2) is 5.91 Å². The van der Waals surface area contributed by atoms with Crippen LogP contribution in [0.3, 0.4) is 0 Å². The van der Waals surface area contributed by atoms with Crippen molar-refractivity contribution in [2.45, 2.75) is 25.7 Å². The standard InChI is InChI=1S/C10H15NO/c11-10(12)9-7-5-3-1-2-4-6-8(7)9/h3,5,7-9H,1-2,4,6H2,(H2,11,12). The Labute approximate surface area is 72.8 Å². The summed E-state index contributed by atoms with van der Waals surface area (Å²) in [6.07, 6.45) is 9.30. The first kappa shape index (κ1) is 7.84. The molecule has 0 heterocycles. The van der Waals surface area contributed by atoms with Crippen LogP contribution in [0.15, 0.2) is 12.2 Å². The van der Waals surface area contributed by atoms with E-state index < -0.39 is 0 Å². The van der Waals surface area contributed by atoms with E-state index in [-0.39, 0.29) is 11.8 Å². The number of primary amides is 1. The zero-order valence-electron chi connectivity index (χ0n) is 7.20. The van der Waals surface area contributed by atoms with Crippen molar-refractivity contribution in [3.05, 3.63) is 12.2 Å². The molecule has 0 aromatic carbocycles. The van der Waals surface area contributed by atoms with Gasteiger partial charge in [0.25, 0.3) is 0 Å². The fourth-order valence-electron chi connectivity index (χ4n) is 2.33. The van der Waals surface area contributed by atoms with Crippen LogP contribution in [0.2, 0.25) is 0 Å². The highest BCUT2D eigenvalue weighted by molar-refractivity contribution is 5.80. The summed E-state index contributed by atoms with van der Waals surface area (Å²) in [7, 11) is 0. The van der Waals surface area contributed by atoms with Crippen LogP contribution >= 0.6 is 0 Å². The highest BCUT2D eigenvalue weighted by Crippen LogP contribution is 2.50. The third-order valence-electron chi connectivity index (χ3n) is 3.07. The molecule has 0 saturated heterocycles. The van der Waals surface area contributed by atoms with Gasteiger partial charge in [0.15, 0.2) is 0 Å². The van der Waals surface area contributed by atoms with Crippen LogP contribution in [0, 0.1) is 17.8 Å². The molecule has 0 radical (unpaired) electrons. The van der Waals surface area contributed by atoms with Crippen LogP contribution in [0.5, 0.6) is 0 Å². The molecule has 0 aromatic rings. The molecule has 2 heteroatoms. The summed E-state index contributed by atoms with van der Waals surface area (Å²) in [6, 6.07) is 0. The lowest BCUT2D eigenvalue weighted by atomic mass is 10.1. The van der Waals surface area contributed by atoms with E-state index in [4.69, 9.17) is 5.73 Å². The van der Waals surface area contributed by atoms with Crippen LogP contribution in [-0.2, 0) is 4.79 Å². The Morgan fingerprint density at radius 1 is 1.42 bits per heavy atom. The fraction of sp³-hybridized carbons (Fsp3) is 0.700. The Hall–Kier alpha value is -0.790. The first-order chi connectivity index (χ1) is 5.80. The van der Waals surface area contributed by atoms with Gasteiger partial charge < -0.3 is 5.73 Å². The summed E-state index contributed by atoms with van der Waals surface area (Å²) in [4.78, 5) is 10.9. The Morgan fingerprint density at radius 3 is 3.00 bits per heavy atom. The largest absolute Gasteiger partial charge is 0.369 e. The SMILES string of the molecule is NC(=O)C1C2C=CCCCCC21. The van der Waals surface area contributed by atoms with E-state index >= 15 is 0 Å². The summed E-state index contributed by atoms with van der Waals surface area (Å²) >= 11 is 0. The lowest BCUT2D eigenvalue weighted by molar-refractivity contribution is -0.119. The number of rotatable bonds is 1. The fourth-order valence-corrected chi connectivity index (χ4v) is 2.33. The minimum absolute atomic E-state index is 0.100. The molecule has 2 nitrogen and oxygen atoms in total.